The maximum absolute atomic E-state index is 12.8. The smallest absolute Gasteiger partial charge is 0.224 e. The molecule has 5 nitrogen and oxygen atoms in total. The molecule has 1 saturated heterocycles. The van der Waals surface area contributed by atoms with E-state index >= 15 is 0 Å². The average Bonchev–Trinajstić information content (AvgIpc) is 2.86. The van der Waals surface area contributed by atoms with Gasteiger partial charge in [0.2, 0.25) is 5.91 Å². The second-order valence-electron chi connectivity index (χ2n) is 7.59. The van der Waals surface area contributed by atoms with Gasteiger partial charge in [-0.05, 0) is 50.4 Å². The first-order valence-corrected chi connectivity index (χ1v) is 10.5. The zero-order valence-electron chi connectivity index (χ0n) is 16.4. The van der Waals surface area contributed by atoms with Crippen molar-refractivity contribution in [3.63, 3.8) is 0 Å². The molecule has 27 heavy (non-hydrogen) atoms. The second-order valence-corrected chi connectivity index (χ2v) is 7.98. The van der Waals surface area contributed by atoms with Crippen LogP contribution >= 0.6 is 12.2 Å². The number of aryl methyl sites for hydroxylation is 1. The lowest BCUT2D eigenvalue weighted by atomic mass is 9.96. The molecule has 3 rings (SSSR count). The number of aromatic amines is 1. The highest BCUT2D eigenvalue weighted by atomic mass is 32.1. The Kier molecular flexibility index (Phi) is 6.83. The van der Waals surface area contributed by atoms with Crippen molar-refractivity contribution < 1.29 is 4.79 Å². The molecule has 1 amide bonds. The van der Waals surface area contributed by atoms with Gasteiger partial charge in [0.15, 0.2) is 10.6 Å². The standard InChI is InChI=1S/C21H30N4OS/c1-3-6-17-8-5-12-24(13-10-17)19(26)11-14-25-20(22-23-21(25)27)18-9-4-7-16(2)15-18/h4,7,9,15,17H,3,5-6,8,10-14H2,1-2H3,(H,23,27)/t17-/m1/s1. The van der Waals surface area contributed by atoms with Crippen molar-refractivity contribution in [3.8, 4) is 11.4 Å². The van der Waals surface area contributed by atoms with Crippen molar-refractivity contribution in [3.05, 3.63) is 34.6 Å². The molecule has 0 radical (unpaired) electrons. The Morgan fingerprint density at radius 3 is 2.96 bits per heavy atom. The number of H-pyrrole nitrogens is 1. The Labute approximate surface area is 166 Å². The van der Waals surface area contributed by atoms with Crippen LogP contribution in [0.25, 0.3) is 11.4 Å². The van der Waals surface area contributed by atoms with E-state index in [2.05, 4.69) is 36.2 Å². The maximum Gasteiger partial charge on any atom is 0.224 e. The van der Waals surface area contributed by atoms with Crippen LogP contribution < -0.4 is 0 Å². The van der Waals surface area contributed by atoms with Gasteiger partial charge < -0.3 is 4.90 Å². The minimum absolute atomic E-state index is 0.227. The van der Waals surface area contributed by atoms with Gasteiger partial charge in [0.05, 0.1) is 0 Å². The first-order valence-electron chi connectivity index (χ1n) is 10.1. The van der Waals surface area contributed by atoms with Gasteiger partial charge in [-0.3, -0.25) is 14.5 Å². The van der Waals surface area contributed by atoms with E-state index < -0.39 is 0 Å². The van der Waals surface area contributed by atoms with Gasteiger partial charge in [-0.15, -0.1) is 0 Å². The molecule has 0 bridgehead atoms. The van der Waals surface area contributed by atoms with E-state index in [-0.39, 0.29) is 5.91 Å². The van der Waals surface area contributed by atoms with Crippen LogP contribution in [0.15, 0.2) is 24.3 Å². The zero-order valence-corrected chi connectivity index (χ0v) is 17.2. The molecule has 0 unspecified atom stereocenters. The van der Waals surface area contributed by atoms with Crippen molar-refractivity contribution in [1.82, 2.24) is 19.7 Å². The number of hydrogen-bond donors (Lipinski definition) is 1. The Morgan fingerprint density at radius 1 is 1.33 bits per heavy atom. The lowest BCUT2D eigenvalue weighted by molar-refractivity contribution is -0.131. The fraction of sp³-hybridized carbons (Fsp3) is 0.571. The van der Waals surface area contributed by atoms with Crippen LogP contribution in [-0.4, -0.2) is 38.7 Å². The molecular formula is C21H30N4OS. The van der Waals surface area contributed by atoms with Gasteiger partial charge in [0, 0.05) is 31.6 Å². The highest BCUT2D eigenvalue weighted by Crippen LogP contribution is 2.23. The van der Waals surface area contributed by atoms with Crippen LogP contribution in [0.5, 0.6) is 0 Å². The van der Waals surface area contributed by atoms with E-state index in [4.69, 9.17) is 12.2 Å². The molecule has 1 atom stereocenters. The molecule has 2 heterocycles. The monoisotopic (exact) mass is 386 g/mol. The van der Waals surface area contributed by atoms with Gasteiger partial charge in [0.25, 0.3) is 0 Å². The fourth-order valence-electron chi connectivity index (χ4n) is 4.01. The zero-order chi connectivity index (χ0) is 19.2. The van der Waals surface area contributed by atoms with Crippen molar-refractivity contribution in [1.29, 1.82) is 0 Å². The van der Waals surface area contributed by atoms with Crippen molar-refractivity contribution >= 4 is 18.1 Å². The summed E-state index contributed by atoms with van der Waals surface area (Å²) in [4.78, 5) is 14.8. The summed E-state index contributed by atoms with van der Waals surface area (Å²) in [7, 11) is 0. The molecule has 146 valence electrons. The number of likely N-dealkylation sites (tertiary alicyclic amines) is 1. The van der Waals surface area contributed by atoms with Gasteiger partial charge in [-0.2, -0.15) is 5.10 Å². The minimum Gasteiger partial charge on any atom is -0.343 e. The predicted molar refractivity (Wildman–Crippen MR) is 111 cm³/mol. The molecule has 6 heteroatoms. The first-order chi connectivity index (χ1) is 13.1. The molecule has 1 aliphatic heterocycles. The molecule has 1 aromatic heterocycles. The molecule has 1 aromatic carbocycles. The third kappa shape index (κ3) is 5.06. The predicted octanol–water partition coefficient (Wildman–Crippen LogP) is 4.74. The van der Waals surface area contributed by atoms with Gasteiger partial charge in [-0.25, -0.2) is 0 Å². The largest absolute Gasteiger partial charge is 0.343 e. The third-order valence-electron chi connectivity index (χ3n) is 5.48. The van der Waals surface area contributed by atoms with Gasteiger partial charge >= 0.3 is 0 Å². The number of nitrogens with one attached hydrogen (secondary N) is 1. The number of hydrogen-bond acceptors (Lipinski definition) is 3. The van der Waals surface area contributed by atoms with Gasteiger partial charge in [-0.1, -0.05) is 43.5 Å². The first kappa shape index (κ1) is 19.8. The normalized spacial score (nSPS) is 17.7. The van der Waals surface area contributed by atoms with Crippen LogP contribution in [-0.2, 0) is 11.3 Å². The van der Waals surface area contributed by atoms with E-state index in [9.17, 15) is 4.79 Å². The van der Waals surface area contributed by atoms with E-state index in [0.717, 1.165) is 43.2 Å². The summed E-state index contributed by atoms with van der Waals surface area (Å²) in [6.07, 6.45) is 6.49. The molecule has 0 spiro atoms. The van der Waals surface area contributed by atoms with E-state index in [1.54, 1.807) is 0 Å². The van der Waals surface area contributed by atoms with Crippen LogP contribution in [0.1, 0.15) is 51.0 Å². The van der Waals surface area contributed by atoms with Crippen LogP contribution in [0.3, 0.4) is 0 Å². The second kappa shape index (κ2) is 9.31. The van der Waals surface area contributed by atoms with Crippen molar-refractivity contribution in [2.75, 3.05) is 13.1 Å². The highest BCUT2D eigenvalue weighted by molar-refractivity contribution is 7.71. The molecule has 0 saturated carbocycles. The number of benzene rings is 1. The van der Waals surface area contributed by atoms with Gasteiger partial charge in [0.1, 0.15) is 0 Å². The molecular weight excluding hydrogens is 356 g/mol. The minimum atomic E-state index is 0.227. The number of nitrogens with zero attached hydrogens (tertiary/aromatic N) is 3. The summed E-state index contributed by atoms with van der Waals surface area (Å²) in [5, 5.41) is 7.26. The summed E-state index contributed by atoms with van der Waals surface area (Å²) >= 11 is 5.40. The van der Waals surface area contributed by atoms with Crippen LogP contribution in [0.4, 0.5) is 0 Å². The molecule has 1 N–H and O–H groups in total. The molecule has 1 fully saturated rings. The van der Waals surface area contributed by atoms with Crippen LogP contribution in [0.2, 0.25) is 0 Å². The number of rotatable bonds is 6. The van der Waals surface area contributed by atoms with E-state index in [1.807, 2.05) is 21.6 Å². The highest BCUT2D eigenvalue weighted by Gasteiger charge is 2.20. The molecule has 0 aliphatic carbocycles. The number of carbonyl (C=O) groups is 1. The maximum atomic E-state index is 12.8. The topological polar surface area (TPSA) is 53.9 Å². The fourth-order valence-corrected chi connectivity index (χ4v) is 4.23. The summed E-state index contributed by atoms with van der Waals surface area (Å²) < 4.78 is 2.51. The lowest BCUT2D eigenvalue weighted by Crippen LogP contribution is -2.32. The molecule has 2 aromatic rings. The Balaban J connectivity index is 1.64. The summed E-state index contributed by atoms with van der Waals surface area (Å²) in [6.45, 7) is 6.65. The number of amides is 1. The molecule has 1 aliphatic rings. The van der Waals surface area contributed by atoms with Crippen molar-refractivity contribution in [2.24, 2.45) is 5.92 Å². The third-order valence-corrected chi connectivity index (χ3v) is 5.79. The summed E-state index contributed by atoms with van der Waals surface area (Å²) in [5.74, 6) is 1.81. The lowest BCUT2D eigenvalue weighted by Gasteiger charge is -2.21. The van der Waals surface area contributed by atoms with Crippen molar-refractivity contribution in [2.45, 2.75) is 58.9 Å². The number of carbonyl (C=O) groups excluding carboxylic acids is 1. The Morgan fingerprint density at radius 2 is 2.19 bits per heavy atom. The van der Waals surface area contributed by atoms with E-state index in [1.165, 1.54) is 24.8 Å². The SMILES string of the molecule is CCC[C@@H]1CCCN(C(=O)CCn2c(-c3cccc(C)c3)n[nH]c2=S)CC1. The quantitative estimate of drug-likeness (QED) is 0.730. The summed E-state index contributed by atoms with van der Waals surface area (Å²) in [6, 6.07) is 8.19. The summed E-state index contributed by atoms with van der Waals surface area (Å²) in [5.41, 5.74) is 2.20. The number of aromatic nitrogens is 3. The van der Waals surface area contributed by atoms with E-state index in [0.29, 0.717) is 17.7 Å². The Hall–Kier alpha value is -1.95. The Bertz CT molecular complexity index is 826. The average molecular weight is 387 g/mol. The van der Waals surface area contributed by atoms with Crippen LogP contribution in [0, 0.1) is 17.6 Å².